The number of benzene rings is 1. The fraction of sp³-hybridized carbons (Fsp3) is 0.444. The molecular weight excluding hydrogens is 320 g/mol. The maximum absolute atomic E-state index is 12.3. The van der Waals surface area contributed by atoms with E-state index in [1.54, 1.807) is 6.20 Å². The van der Waals surface area contributed by atoms with Crippen LogP contribution in [0.2, 0.25) is 0 Å². The Kier molecular flexibility index (Phi) is 5.93. The molecule has 0 spiro atoms. The fourth-order valence-corrected chi connectivity index (χ4v) is 4.33. The summed E-state index contributed by atoms with van der Waals surface area (Å²) in [5.74, 6) is 1.62. The van der Waals surface area contributed by atoms with Crippen LogP contribution in [0.3, 0.4) is 0 Å². The molecular formula is C18H24N4OS. The Hall–Kier alpha value is -1.79. The predicted molar refractivity (Wildman–Crippen MR) is 97.6 cm³/mol. The summed E-state index contributed by atoms with van der Waals surface area (Å²) in [6.07, 6.45) is 4.06. The largest absolute Gasteiger partial charge is 0.351 e. The molecule has 5 nitrogen and oxygen atoms in total. The van der Waals surface area contributed by atoms with E-state index in [0.717, 1.165) is 30.3 Å². The molecule has 2 heterocycles. The highest BCUT2D eigenvalue weighted by molar-refractivity contribution is 7.85. The second-order valence-corrected chi connectivity index (χ2v) is 7.77. The molecule has 1 saturated heterocycles. The van der Waals surface area contributed by atoms with Gasteiger partial charge in [0, 0.05) is 42.5 Å². The van der Waals surface area contributed by atoms with E-state index in [4.69, 9.17) is 0 Å². The van der Waals surface area contributed by atoms with Gasteiger partial charge in [0.25, 0.3) is 0 Å². The van der Waals surface area contributed by atoms with Gasteiger partial charge in [-0.25, -0.2) is 0 Å². The van der Waals surface area contributed by atoms with Gasteiger partial charge in [0.15, 0.2) is 5.82 Å². The lowest BCUT2D eigenvalue weighted by atomic mass is 10.2. The van der Waals surface area contributed by atoms with Gasteiger partial charge >= 0.3 is 0 Å². The Morgan fingerprint density at radius 1 is 1.25 bits per heavy atom. The molecule has 1 aliphatic rings. The number of rotatable bonds is 7. The quantitative estimate of drug-likeness (QED) is 0.770. The van der Waals surface area contributed by atoms with Crippen molar-refractivity contribution >= 4 is 16.6 Å². The van der Waals surface area contributed by atoms with E-state index < -0.39 is 10.8 Å². The molecule has 24 heavy (non-hydrogen) atoms. The Morgan fingerprint density at radius 3 is 2.83 bits per heavy atom. The molecule has 2 atom stereocenters. The fourth-order valence-electron chi connectivity index (χ4n) is 3.15. The third kappa shape index (κ3) is 4.39. The zero-order chi connectivity index (χ0) is 16.8. The average molecular weight is 344 g/mol. The lowest BCUT2D eigenvalue weighted by Crippen LogP contribution is -2.40. The maximum atomic E-state index is 12.3. The molecule has 1 aromatic carbocycles. The standard InChI is InChI=1S/C18H24N4OS/c1-21(13-14-24(23)17-8-3-2-4-9-17)15-16-7-6-12-22(16)18-10-5-11-19-20-18/h2-5,8-11,16H,6-7,12-15H2,1H3. The van der Waals surface area contributed by atoms with Crippen LogP contribution in [0.4, 0.5) is 5.82 Å². The second-order valence-electron chi connectivity index (χ2n) is 6.20. The predicted octanol–water partition coefficient (Wildman–Crippen LogP) is 2.19. The van der Waals surface area contributed by atoms with Gasteiger partial charge in [-0.2, -0.15) is 5.10 Å². The third-order valence-electron chi connectivity index (χ3n) is 4.42. The first kappa shape index (κ1) is 17.0. The molecule has 3 rings (SSSR count). The Balaban J connectivity index is 1.51. The van der Waals surface area contributed by atoms with Gasteiger partial charge in [0.1, 0.15) is 0 Å². The van der Waals surface area contributed by atoms with Crippen molar-refractivity contribution in [3.8, 4) is 0 Å². The van der Waals surface area contributed by atoms with Crippen molar-refractivity contribution in [2.45, 2.75) is 23.8 Å². The summed E-state index contributed by atoms with van der Waals surface area (Å²) in [6.45, 7) is 2.82. The molecule has 0 amide bonds. The second kappa shape index (κ2) is 8.35. The first-order valence-electron chi connectivity index (χ1n) is 8.40. The van der Waals surface area contributed by atoms with Crippen LogP contribution in [0.5, 0.6) is 0 Å². The van der Waals surface area contributed by atoms with Gasteiger partial charge in [-0.15, -0.1) is 5.10 Å². The van der Waals surface area contributed by atoms with E-state index in [0.29, 0.717) is 11.8 Å². The third-order valence-corrected chi connectivity index (χ3v) is 5.77. The summed E-state index contributed by atoms with van der Waals surface area (Å²) in [7, 11) is 1.18. The summed E-state index contributed by atoms with van der Waals surface area (Å²) in [5, 5.41) is 8.23. The molecule has 6 heteroatoms. The zero-order valence-electron chi connectivity index (χ0n) is 14.0. The SMILES string of the molecule is CN(CCS(=O)c1ccccc1)CC1CCCN1c1cccnn1. The summed E-state index contributed by atoms with van der Waals surface area (Å²) < 4.78 is 12.3. The number of hydrogen-bond acceptors (Lipinski definition) is 5. The number of anilines is 1. The molecule has 0 saturated carbocycles. The van der Waals surface area contributed by atoms with Crippen molar-refractivity contribution in [3.63, 3.8) is 0 Å². The highest BCUT2D eigenvalue weighted by atomic mass is 32.2. The molecule has 0 aliphatic carbocycles. The van der Waals surface area contributed by atoms with E-state index in [1.165, 1.54) is 12.8 Å². The number of hydrogen-bond donors (Lipinski definition) is 0. The molecule has 0 radical (unpaired) electrons. The lowest BCUT2D eigenvalue weighted by molar-refractivity contribution is 0.327. The summed E-state index contributed by atoms with van der Waals surface area (Å²) in [4.78, 5) is 5.53. The molecule has 1 fully saturated rings. The summed E-state index contributed by atoms with van der Waals surface area (Å²) in [6, 6.07) is 14.1. The Bertz CT molecular complexity index is 653. The minimum Gasteiger partial charge on any atom is -0.351 e. The van der Waals surface area contributed by atoms with Crippen molar-refractivity contribution < 1.29 is 4.21 Å². The van der Waals surface area contributed by atoms with E-state index in [9.17, 15) is 4.21 Å². The highest BCUT2D eigenvalue weighted by Crippen LogP contribution is 2.23. The van der Waals surface area contributed by atoms with Crippen LogP contribution >= 0.6 is 0 Å². The first-order chi connectivity index (χ1) is 11.7. The van der Waals surface area contributed by atoms with Gasteiger partial charge in [-0.1, -0.05) is 18.2 Å². The van der Waals surface area contributed by atoms with Gasteiger partial charge < -0.3 is 9.80 Å². The van der Waals surface area contributed by atoms with Gasteiger partial charge in [-0.3, -0.25) is 4.21 Å². The number of aromatic nitrogens is 2. The van der Waals surface area contributed by atoms with Gasteiger partial charge in [0.05, 0.1) is 10.8 Å². The average Bonchev–Trinajstić information content (AvgIpc) is 3.09. The smallest absolute Gasteiger partial charge is 0.151 e. The van der Waals surface area contributed by atoms with Crippen molar-refractivity contribution in [2.24, 2.45) is 0 Å². The normalized spacial score (nSPS) is 18.9. The zero-order valence-corrected chi connectivity index (χ0v) is 14.9. The van der Waals surface area contributed by atoms with E-state index in [2.05, 4.69) is 27.0 Å². The summed E-state index contributed by atoms with van der Waals surface area (Å²) >= 11 is 0. The molecule has 1 aromatic heterocycles. The minimum absolute atomic E-state index is 0.455. The first-order valence-corrected chi connectivity index (χ1v) is 9.72. The van der Waals surface area contributed by atoms with Crippen molar-refractivity contribution in [1.29, 1.82) is 0 Å². The van der Waals surface area contributed by atoms with Crippen LogP contribution in [0.15, 0.2) is 53.6 Å². The Morgan fingerprint density at radius 2 is 2.08 bits per heavy atom. The van der Waals surface area contributed by atoms with Crippen molar-refractivity contribution in [1.82, 2.24) is 15.1 Å². The van der Waals surface area contributed by atoms with Crippen LogP contribution in [0, 0.1) is 0 Å². The molecule has 128 valence electrons. The minimum atomic E-state index is -0.929. The molecule has 2 unspecified atom stereocenters. The van der Waals surface area contributed by atoms with Crippen LogP contribution < -0.4 is 4.90 Å². The molecule has 0 N–H and O–H groups in total. The van der Waals surface area contributed by atoms with Gasteiger partial charge in [0.2, 0.25) is 0 Å². The number of likely N-dealkylation sites (N-methyl/N-ethyl adjacent to an activating group) is 1. The Labute approximate surface area is 146 Å². The van der Waals surface area contributed by atoms with Crippen molar-refractivity contribution in [3.05, 3.63) is 48.7 Å². The monoisotopic (exact) mass is 344 g/mol. The number of nitrogens with zero attached hydrogens (tertiary/aromatic N) is 4. The van der Waals surface area contributed by atoms with E-state index >= 15 is 0 Å². The van der Waals surface area contributed by atoms with Crippen LogP contribution in [-0.2, 0) is 10.8 Å². The van der Waals surface area contributed by atoms with Gasteiger partial charge in [-0.05, 0) is 44.2 Å². The lowest BCUT2D eigenvalue weighted by Gasteiger charge is -2.29. The molecule has 2 aromatic rings. The summed E-state index contributed by atoms with van der Waals surface area (Å²) in [5.41, 5.74) is 0. The molecule has 0 bridgehead atoms. The van der Waals surface area contributed by atoms with Crippen LogP contribution in [-0.4, -0.2) is 57.8 Å². The van der Waals surface area contributed by atoms with Crippen LogP contribution in [0.1, 0.15) is 12.8 Å². The molecule has 1 aliphatic heterocycles. The van der Waals surface area contributed by atoms with E-state index in [-0.39, 0.29) is 0 Å². The van der Waals surface area contributed by atoms with E-state index in [1.807, 2.05) is 42.5 Å². The topological polar surface area (TPSA) is 49.3 Å². The van der Waals surface area contributed by atoms with Crippen molar-refractivity contribution in [2.75, 3.05) is 37.3 Å². The highest BCUT2D eigenvalue weighted by Gasteiger charge is 2.26. The van der Waals surface area contributed by atoms with Crippen LogP contribution in [0.25, 0.3) is 0 Å². The maximum Gasteiger partial charge on any atom is 0.151 e.